The van der Waals surface area contributed by atoms with Crippen LogP contribution < -0.4 is 5.32 Å². The molecule has 0 aromatic carbocycles. The van der Waals surface area contributed by atoms with Crippen LogP contribution in [0, 0.1) is 5.92 Å². The lowest BCUT2D eigenvalue weighted by Gasteiger charge is -2.28. The molecule has 1 aromatic heterocycles. The first kappa shape index (κ1) is 17.1. The van der Waals surface area contributed by atoms with Gasteiger partial charge in [0.1, 0.15) is 0 Å². The van der Waals surface area contributed by atoms with Gasteiger partial charge in [0.15, 0.2) is 5.69 Å². The zero-order chi connectivity index (χ0) is 16.8. The van der Waals surface area contributed by atoms with Crippen LogP contribution in [0.4, 0.5) is 0 Å². The number of piperidine rings is 1. The van der Waals surface area contributed by atoms with Crippen molar-refractivity contribution in [1.29, 1.82) is 0 Å². The lowest BCUT2D eigenvalue weighted by molar-refractivity contribution is 0.0729. The summed E-state index contributed by atoms with van der Waals surface area (Å²) in [5, 5.41) is 11.7. The standard InChI is InChI=1S/C18H29N5O/c1-2-12-22(13-15-6-4-3-5-7-15)18(24)17-14-23(21-20-17)16-8-10-19-11-9-16/h2,14-16,19H,1,3-13H2. The molecule has 132 valence electrons. The van der Waals surface area contributed by atoms with Crippen LogP contribution in [0.25, 0.3) is 0 Å². The van der Waals surface area contributed by atoms with E-state index in [2.05, 4.69) is 22.2 Å². The third-order valence-corrected chi connectivity index (χ3v) is 5.25. The van der Waals surface area contributed by atoms with Gasteiger partial charge in [-0.2, -0.15) is 0 Å². The highest BCUT2D eigenvalue weighted by molar-refractivity contribution is 5.92. The molecule has 1 saturated carbocycles. The van der Waals surface area contributed by atoms with Crippen molar-refractivity contribution in [3.8, 4) is 0 Å². The minimum Gasteiger partial charge on any atom is -0.333 e. The Balaban J connectivity index is 1.65. The summed E-state index contributed by atoms with van der Waals surface area (Å²) >= 11 is 0. The highest BCUT2D eigenvalue weighted by Crippen LogP contribution is 2.25. The summed E-state index contributed by atoms with van der Waals surface area (Å²) in [6.45, 7) is 7.19. The van der Waals surface area contributed by atoms with Crippen molar-refractivity contribution in [3.05, 3.63) is 24.5 Å². The Morgan fingerprint density at radius 1 is 1.29 bits per heavy atom. The SMILES string of the molecule is C=CCN(CC1CCCCC1)C(=O)c1cn(C2CCNCC2)nn1. The molecule has 1 amide bonds. The van der Waals surface area contributed by atoms with Crippen LogP contribution in [0.15, 0.2) is 18.9 Å². The first-order valence-corrected chi connectivity index (χ1v) is 9.30. The second kappa shape index (κ2) is 8.42. The zero-order valence-electron chi connectivity index (χ0n) is 14.5. The lowest BCUT2D eigenvalue weighted by atomic mass is 9.89. The summed E-state index contributed by atoms with van der Waals surface area (Å²) in [5.74, 6) is 0.600. The Labute approximate surface area is 144 Å². The van der Waals surface area contributed by atoms with Crippen LogP contribution in [-0.4, -0.2) is 52.0 Å². The van der Waals surface area contributed by atoms with Crippen molar-refractivity contribution in [2.45, 2.75) is 51.0 Å². The number of rotatable bonds is 6. The second-order valence-electron chi connectivity index (χ2n) is 7.07. The molecule has 0 radical (unpaired) electrons. The van der Waals surface area contributed by atoms with Gasteiger partial charge >= 0.3 is 0 Å². The van der Waals surface area contributed by atoms with Crippen molar-refractivity contribution in [1.82, 2.24) is 25.2 Å². The van der Waals surface area contributed by atoms with Crippen molar-refractivity contribution in [2.24, 2.45) is 5.92 Å². The maximum absolute atomic E-state index is 12.9. The molecule has 0 unspecified atom stereocenters. The van der Waals surface area contributed by atoms with Crippen LogP contribution in [0.1, 0.15) is 61.5 Å². The molecule has 0 atom stereocenters. The third-order valence-electron chi connectivity index (χ3n) is 5.25. The Morgan fingerprint density at radius 2 is 2.04 bits per heavy atom. The van der Waals surface area contributed by atoms with E-state index < -0.39 is 0 Å². The van der Waals surface area contributed by atoms with Crippen LogP contribution in [0.2, 0.25) is 0 Å². The molecule has 2 aliphatic rings. The number of hydrogen-bond donors (Lipinski definition) is 1. The number of carbonyl (C=O) groups is 1. The molecule has 1 aromatic rings. The summed E-state index contributed by atoms with van der Waals surface area (Å²) in [6.07, 6.45) is 12.1. The van der Waals surface area contributed by atoms with E-state index in [1.165, 1.54) is 32.1 Å². The molecule has 1 aliphatic carbocycles. The molecule has 1 N–H and O–H groups in total. The number of hydrogen-bond acceptors (Lipinski definition) is 4. The van der Waals surface area contributed by atoms with Gasteiger partial charge in [0.2, 0.25) is 0 Å². The Hall–Kier alpha value is -1.69. The van der Waals surface area contributed by atoms with Crippen LogP contribution in [-0.2, 0) is 0 Å². The van der Waals surface area contributed by atoms with Gasteiger partial charge in [0.25, 0.3) is 5.91 Å². The van der Waals surface area contributed by atoms with Crippen molar-refractivity contribution < 1.29 is 4.79 Å². The van der Waals surface area contributed by atoms with E-state index in [1.807, 2.05) is 15.8 Å². The summed E-state index contributed by atoms with van der Waals surface area (Å²) in [4.78, 5) is 14.7. The summed E-state index contributed by atoms with van der Waals surface area (Å²) < 4.78 is 1.88. The van der Waals surface area contributed by atoms with Crippen LogP contribution in [0.5, 0.6) is 0 Å². The van der Waals surface area contributed by atoms with Crippen molar-refractivity contribution in [2.75, 3.05) is 26.2 Å². The quantitative estimate of drug-likeness (QED) is 0.813. The topological polar surface area (TPSA) is 63.1 Å². The minimum absolute atomic E-state index is 0.0133. The molecule has 0 spiro atoms. The molecule has 0 bridgehead atoms. The Bertz CT molecular complexity index is 543. The largest absolute Gasteiger partial charge is 0.333 e. The molecule has 2 fully saturated rings. The summed E-state index contributed by atoms with van der Waals surface area (Å²) in [6, 6.07) is 0.353. The Kier molecular flexibility index (Phi) is 6.01. The van der Waals surface area contributed by atoms with Gasteiger partial charge in [-0.1, -0.05) is 30.6 Å². The number of nitrogens with zero attached hydrogens (tertiary/aromatic N) is 4. The molecule has 6 heteroatoms. The first-order chi connectivity index (χ1) is 11.8. The van der Waals surface area contributed by atoms with Crippen molar-refractivity contribution >= 4 is 5.91 Å². The predicted molar refractivity (Wildman–Crippen MR) is 93.8 cm³/mol. The number of amides is 1. The van der Waals surface area contributed by atoms with E-state index in [9.17, 15) is 4.79 Å². The van der Waals surface area contributed by atoms with Crippen molar-refractivity contribution in [3.63, 3.8) is 0 Å². The van der Waals surface area contributed by atoms with E-state index in [-0.39, 0.29) is 5.91 Å². The number of carbonyl (C=O) groups excluding carboxylic acids is 1. The van der Waals surface area contributed by atoms with E-state index in [1.54, 1.807) is 6.08 Å². The van der Waals surface area contributed by atoms with Gasteiger partial charge in [0.05, 0.1) is 12.2 Å². The molecule has 1 saturated heterocycles. The van der Waals surface area contributed by atoms with Crippen LogP contribution in [0.3, 0.4) is 0 Å². The number of aromatic nitrogens is 3. The number of nitrogens with one attached hydrogen (secondary N) is 1. The van der Waals surface area contributed by atoms with E-state index in [0.29, 0.717) is 24.2 Å². The molecule has 6 nitrogen and oxygen atoms in total. The predicted octanol–water partition coefficient (Wildman–Crippen LogP) is 2.41. The normalized spacial score (nSPS) is 20.0. The maximum Gasteiger partial charge on any atom is 0.276 e. The smallest absolute Gasteiger partial charge is 0.276 e. The van der Waals surface area contributed by atoms with E-state index >= 15 is 0 Å². The van der Waals surface area contributed by atoms with Crippen LogP contribution >= 0.6 is 0 Å². The summed E-state index contributed by atoms with van der Waals surface area (Å²) in [7, 11) is 0. The van der Waals surface area contributed by atoms with Gasteiger partial charge in [0, 0.05) is 13.1 Å². The molecule has 1 aliphatic heterocycles. The lowest BCUT2D eigenvalue weighted by Crippen LogP contribution is -2.36. The molecule has 2 heterocycles. The van der Waals surface area contributed by atoms with Gasteiger partial charge in [-0.3, -0.25) is 4.79 Å². The van der Waals surface area contributed by atoms with Gasteiger partial charge in [-0.05, 0) is 44.7 Å². The second-order valence-corrected chi connectivity index (χ2v) is 7.07. The fraction of sp³-hybridized carbons (Fsp3) is 0.722. The zero-order valence-corrected chi connectivity index (χ0v) is 14.5. The Morgan fingerprint density at radius 3 is 2.75 bits per heavy atom. The van der Waals surface area contributed by atoms with Gasteiger partial charge in [-0.15, -0.1) is 11.7 Å². The van der Waals surface area contributed by atoms with Gasteiger partial charge < -0.3 is 10.2 Å². The fourth-order valence-corrected chi connectivity index (χ4v) is 3.86. The monoisotopic (exact) mass is 331 g/mol. The van der Waals surface area contributed by atoms with E-state index in [4.69, 9.17) is 0 Å². The van der Waals surface area contributed by atoms with Gasteiger partial charge in [-0.25, -0.2) is 4.68 Å². The highest BCUT2D eigenvalue weighted by atomic mass is 16.2. The maximum atomic E-state index is 12.9. The summed E-state index contributed by atoms with van der Waals surface area (Å²) in [5.41, 5.74) is 0.464. The molecule has 3 rings (SSSR count). The fourth-order valence-electron chi connectivity index (χ4n) is 3.86. The molecular weight excluding hydrogens is 302 g/mol. The highest BCUT2D eigenvalue weighted by Gasteiger charge is 2.24. The molecular formula is C18H29N5O. The third kappa shape index (κ3) is 4.23. The average molecular weight is 331 g/mol. The molecule has 24 heavy (non-hydrogen) atoms. The van der Waals surface area contributed by atoms with E-state index in [0.717, 1.165) is 32.5 Å². The first-order valence-electron chi connectivity index (χ1n) is 9.30. The average Bonchev–Trinajstić information content (AvgIpc) is 3.12. The minimum atomic E-state index is -0.0133.